The number of likely N-dealkylation sites (N-methyl/N-ethyl adjacent to an activating group) is 1. The Kier molecular flexibility index (Phi) is 3.65. The molecule has 6 heteroatoms. The van der Waals surface area contributed by atoms with Crippen molar-refractivity contribution in [3.63, 3.8) is 0 Å². The summed E-state index contributed by atoms with van der Waals surface area (Å²) in [6.07, 6.45) is 0. The highest BCUT2D eigenvalue weighted by atomic mass is 16.5. The van der Waals surface area contributed by atoms with Crippen LogP contribution in [0.15, 0.2) is 0 Å². The Balaban J connectivity index is 2.59. The van der Waals surface area contributed by atoms with Gasteiger partial charge in [-0.05, 0) is 6.92 Å². The molecule has 0 radical (unpaired) electrons. The van der Waals surface area contributed by atoms with E-state index in [0.29, 0.717) is 6.54 Å². The van der Waals surface area contributed by atoms with Gasteiger partial charge in [0.2, 0.25) is 11.8 Å². The summed E-state index contributed by atoms with van der Waals surface area (Å²) in [7, 11) is 1.25. The smallest absolute Gasteiger partial charge is 0.325 e. The van der Waals surface area contributed by atoms with Gasteiger partial charge >= 0.3 is 5.97 Å². The second-order valence-corrected chi connectivity index (χ2v) is 3.23. The molecule has 0 atom stereocenters. The fourth-order valence-electron chi connectivity index (χ4n) is 1.36. The molecule has 0 bridgehead atoms. The van der Waals surface area contributed by atoms with Crippen molar-refractivity contribution in [3.05, 3.63) is 0 Å². The first-order valence-corrected chi connectivity index (χ1v) is 4.70. The zero-order valence-electron chi connectivity index (χ0n) is 8.86. The topological polar surface area (TPSA) is 66.9 Å². The first kappa shape index (κ1) is 11.5. The van der Waals surface area contributed by atoms with E-state index in [-0.39, 0.29) is 31.4 Å². The van der Waals surface area contributed by atoms with Crippen molar-refractivity contribution < 1.29 is 19.1 Å². The van der Waals surface area contributed by atoms with E-state index < -0.39 is 5.97 Å². The van der Waals surface area contributed by atoms with E-state index in [2.05, 4.69) is 4.74 Å². The zero-order chi connectivity index (χ0) is 11.4. The standard InChI is InChI=1S/C9H14N2O4/c1-3-10-4-8(13)11(5-7(10)12)6-9(14)15-2/h3-6H2,1-2H3. The lowest BCUT2D eigenvalue weighted by molar-refractivity contribution is -0.155. The number of rotatable bonds is 3. The van der Waals surface area contributed by atoms with Crippen LogP contribution in [0.3, 0.4) is 0 Å². The number of methoxy groups -OCH3 is 1. The number of piperazine rings is 1. The van der Waals surface area contributed by atoms with Crippen molar-refractivity contribution in [2.75, 3.05) is 33.3 Å². The van der Waals surface area contributed by atoms with Gasteiger partial charge in [0, 0.05) is 6.54 Å². The monoisotopic (exact) mass is 214 g/mol. The van der Waals surface area contributed by atoms with Crippen molar-refractivity contribution in [1.82, 2.24) is 9.80 Å². The number of hydrogen-bond donors (Lipinski definition) is 0. The molecule has 0 N–H and O–H groups in total. The molecular weight excluding hydrogens is 200 g/mol. The first-order valence-electron chi connectivity index (χ1n) is 4.70. The van der Waals surface area contributed by atoms with E-state index in [1.54, 1.807) is 6.92 Å². The van der Waals surface area contributed by atoms with Gasteiger partial charge in [-0.1, -0.05) is 0 Å². The number of carbonyl (C=O) groups is 3. The Morgan fingerprint density at radius 1 is 1.27 bits per heavy atom. The molecule has 0 aliphatic carbocycles. The van der Waals surface area contributed by atoms with Gasteiger partial charge in [0.05, 0.1) is 13.7 Å². The van der Waals surface area contributed by atoms with Crippen LogP contribution in [0.4, 0.5) is 0 Å². The highest BCUT2D eigenvalue weighted by molar-refractivity contribution is 5.94. The quantitative estimate of drug-likeness (QED) is 0.556. The predicted molar refractivity (Wildman–Crippen MR) is 50.9 cm³/mol. The second kappa shape index (κ2) is 4.77. The van der Waals surface area contributed by atoms with E-state index in [1.807, 2.05) is 0 Å². The van der Waals surface area contributed by atoms with Crippen LogP contribution in [-0.4, -0.2) is 60.9 Å². The molecule has 15 heavy (non-hydrogen) atoms. The molecule has 1 aliphatic rings. The van der Waals surface area contributed by atoms with Gasteiger partial charge in [-0.15, -0.1) is 0 Å². The third kappa shape index (κ3) is 2.68. The van der Waals surface area contributed by atoms with E-state index in [1.165, 1.54) is 16.9 Å². The molecular formula is C9H14N2O4. The van der Waals surface area contributed by atoms with Gasteiger partial charge in [-0.25, -0.2) is 0 Å². The van der Waals surface area contributed by atoms with Gasteiger partial charge in [0.1, 0.15) is 13.1 Å². The zero-order valence-corrected chi connectivity index (χ0v) is 8.86. The number of ether oxygens (including phenoxy) is 1. The SMILES string of the molecule is CCN1CC(=O)N(CC(=O)OC)CC1=O. The number of hydrogen-bond acceptors (Lipinski definition) is 4. The van der Waals surface area contributed by atoms with Gasteiger partial charge in [-0.2, -0.15) is 0 Å². The van der Waals surface area contributed by atoms with Gasteiger partial charge < -0.3 is 14.5 Å². The first-order chi connectivity index (χ1) is 7.08. The summed E-state index contributed by atoms with van der Waals surface area (Å²) in [5.74, 6) is -0.871. The van der Waals surface area contributed by atoms with Crippen LogP contribution >= 0.6 is 0 Å². The molecule has 1 aliphatic heterocycles. The Morgan fingerprint density at radius 3 is 2.33 bits per heavy atom. The minimum Gasteiger partial charge on any atom is -0.468 e. The van der Waals surface area contributed by atoms with Gasteiger partial charge in [0.25, 0.3) is 0 Å². The summed E-state index contributed by atoms with van der Waals surface area (Å²) in [5.41, 5.74) is 0. The predicted octanol–water partition coefficient (Wildman–Crippen LogP) is -1.15. The fraction of sp³-hybridized carbons (Fsp3) is 0.667. The summed E-state index contributed by atoms with van der Waals surface area (Å²) in [6, 6.07) is 0. The van der Waals surface area contributed by atoms with Gasteiger partial charge in [0.15, 0.2) is 0 Å². The minimum absolute atomic E-state index is 0.0399. The lowest BCUT2D eigenvalue weighted by atomic mass is 10.3. The summed E-state index contributed by atoms with van der Waals surface area (Å²) in [5, 5.41) is 0. The lowest BCUT2D eigenvalue weighted by Gasteiger charge is -2.32. The maximum absolute atomic E-state index is 11.5. The largest absolute Gasteiger partial charge is 0.468 e. The fourth-order valence-corrected chi connectivity index (χ4v) is 1.36. The van der Waals surface area contributed by atoms with Crippen molar-refractivity contribution in [2.45, 2.75) is 6.92 Å². The summed E-state index contributed by atoms with van der Waals surface area (Å²) in [4.78, 5) is 36.5. The summed E-state index contributed by atoms with van der Waals surface area (Å²) in [6.45, 7) is 2.17. The number of nitrogens with zero attached hydrogens (tertiary/aromatic N) is 2. The minimum atomic E-state index is -0.513. The van der Waals surface area contributed by atoms with Crippen molar-refractivity contribution >= 4 is 17.8 Å². The van der Waals surface area contributed by atoms with Crippen LogP contribution in [0.5, 0.6) is 0 Å². The third-order valence-electron chi connectivity index (χ3n) is 2.29. The molecule has 0 aromatic rings. The average Bonchev–Trinajstić information content (AvgIpc) is 2.22. The molecule has 6 nitrogen and oxygen atoms in total. The van der Waals surface area contributed by atoms with Crippen LogP contribution in [0.1, 0.15) is 6.92 Å². The summed E-state index contributed by atoms with van der Waals surface area (Å²) < 4.78 is 4.43. The highest BCUT2D eigenvalue weighted by Gasteiger charge is 2.29. The molecule has 0 aromatic heterocycles. The molecule has 0 unspecified atom stereocenters. The number of carbonyl (C=O) groups excluding carboxylic acids is 3. The molecule has 0 saturated carbocycles. The Labute approximate surface area is 87.8 Å². The van der Waals surface area contributed by atoms with Crippen LogP contribution in [0.25, 0.3) is 0 Å². The molecule has 1 fully saturated rings. The van der Waals surface area contributed by atoms with Crippen molar-refractivity contribution in [2.24, 2.45) is 0 Å². The maximum Gasteiger partial charge on any atom is 0.325 e. The van der Waals surface area contributed by atoms with Crippen LogP contribution in [0.2, 0.25) is 0 Å². The number of esters is 1. The Bertz CT molecular complexity index is 290. The van der Waals surface area contributed by atoms with Crippen molar-refractivity contribution in [1.29, 1.82) is 0 Å². The van der Waals surface area contributed by atoms with Crippen LogP contribution < -0.4 is 0 Å². The van der Waals surface area contributed by atoms with Crippen LogP contribution in [-0.2, 0) is 19.1 Å². The molecule has 1 rings (SSSR count). The highest BCUT2D eigenvalue weighted by Crippen LogP contribution is 2.04. The number of amides is 2. The molecule has 1 saturated heterocycles. The van der Waals surface area contributed by atoms with E-state index >= 15 is 0 Å². The Hall–Kier alpha value is -1.59. The Morgan fingerprint density at radius 2 is 1.80 bits per heavy atom. The van der Waals surface area contributed by atoms with Crippen molar-refractivity contribution in [3.8, 4) is 0 Å². The third-order valence-corrected chi connectivity index (χ3v) is 2.29. The van der Waals surface area contributed by atoms with Gasteiger partial charge in [-0.3, -0.25) is 14.4 Å². The second-order valence-electron chi connectivity index (χ2n) is 3.23. The molecule has 84 valence electrons. The molecule has 1 heterocycles. The lowest BCUT2D eigenvalue weighted by Crippen LogP contribution is -2.54. The normalized spacial score (nSPS) is 16.9. The average molecular weight is 214 g/mol. The van der Waals surface area contributed by atoms with Crippen LogP contribution in [0, 0.1) is 0 Å². The van der Waals surface area contributed by atoms with E-state index in [9.17, 15) is 14.4 Å². The van der Waals surface area contributed by atoms with E-state index in [0.717, 1.165) is 0 Å². The van der Waals surface area contributed by atoms with E-state index in [4.69, 9.17) is 0 Å². The molecule has 0 spiro atoms. The maximum atomic E-state index is 11.5. The molecule has 2 amide bonds. The summed E-state index contributed by atoms with van der Waals surface area (Å²) >= 11 is 0. The molecule has 0 aromatic carbocycles.